The maximum atomic E-state index is 11.0. The quantitative estimate of drug-likeness (QED) is 0.328. The van der Waals surface area contributed by atoms with Crippen molar-refractivity contribution in [2.24, 2.45) is 0 Å². The van der Waals surface area contributed by atoms with Gasteiger partial charge in [-0.3, -0.25) is 19.7 Å². The van der Waals surface area contributed by atoms with Gasteiger partial charge in [0.25, 0.3) is 0 Å². The highest BCUT2D eigenvalue weighted by atomic mass is 16.5. The van der Waals surface area contributed by atoms with Gasteiger partial charge < -0.3 is 9.84 Å². The molecule has 0 aromatic carbocycles. The zero-order chi connectivity index (χ0) is 23.9. The van der Waals surface area contributed by atoms with Crippen LogP contribution in [0.25, 0.3) is 16.6 Å². The van der Waals surface area contributed by atoms with Crippen LogP contribution in [0.2, 0.25) is 0 Å². The molecule has 0 spiro atoms. The number of carboxylic acids is 1. The van der Waals surface area contributed by atoms with Crippen LogP contribution in [-0.2, 0) is 35.6 Å². The van der Waals surface area contributed by atoms with Gasteiger partial charge in [-0.05, 0) is 61.9 Å². The second-order valence-electron chi connectivity index (χ2n) is 8.32. The first kappa shape index (κ1) is 23.5. The molecule has 0 fully saturated rings. The van der Waals surface area contributed by atoms with Crippen molar-refractivity contribution in [1.82, 2.24) is 24.6 Å². The molecule has 0 saturated carbocycles. The number of hydrogen-bond donors (Lipinski definition) is 1. The molecule has 176 valence electrons. The molecular weight excluding hydrogens is 430 g/mol. The first-order chi connectivity index (χ1) is 16.6. The summed E-state index contributed by atoms with van der Waals surface area (Å²) in [7, 11) is 0. The van der Waals surface area contributed by atoms with Crippen molar-refractivity contribution < 1.29 is 14.6 Å². The molecule has 0 bridgehead atoms. The third kappa shape index (κ3) is 5.46. The molecular formula is C26H29N5O3. The summed E-state index contributed by atoms with van der Waals surface area (Å²) in [5.41, 5.74) is 7.99. The van der Waals surface area contributed by atoms with Crippen molar-refractivity contribution in [1.29, 1.82) is 0 Å². The predicted molar refractivity (Wildman–Crippen MR) is 128 cm³/mol. The lowest BCUT2D eigenvalue weighted by Crippen LogP contribution is -2.11. The van der Waals surface area contributed by atoms with Crippen LogP contribution in [0, 0.1) is 6.92 Å². The average molecular weight is 460 g/mol. The van der Waals surface area contributed by atoms with Gasteiger partial charge in [-0.1, -0.05) is 6.92 Å². The molecule has 1 N–H and O–H groups in total. The van der Waals surface area contributed by atoms with Gasteiger partial charge in [-0.2, -0.15) is 5.10 Å². The summed E-state index contributed by atoms with van der Waals surface area (Å²) < 4.78 is 8.02. The van der Waals surface area contributed by atoms with Gasteiger partial charge in [-0.15, -0.1) is 0 Å². The molecule has 0 saturated heterocycles. The molecule has 4 rings (SSSR count). The minimum Gasteiger partial charge on any atom is -0.481 e. The van der Waals surface area contributed by atoms with E-state index in [4.69, 9.17) is 14.9 Å². The number of aromatic nitrogens is 5. The smallest absolute Gasteiger partial charge is 0.303 e. The van der Waals surface area contributed by atoms with Gasteiger partial charge in [0.2, 0.25) is 0 Å². The fourth-order valence-electron chi connectivity index (χ4n) is 4.16. The topological polar surface area (TPSA) is 102 Å². The van der Waals surface area contributed by atoms with Crippen LogP contribution in [-0.4, -0.2) is 35.6 Å². The summed E-state index contributed by atoms with van der Waals surface area (Å²) in [6.07, 6.45) is 11.8. The molecule has 4 aromatic rings. The van der Waals surface area contributed by atoms with Crippen molar-refractivity contribution >= 4 is 11.5 Å². The second kappa shape index (κ2) is 11.0. The van der Waals surface area contributed by atoms with E-state index in [9.17, 15) is 4.79 Å². The van der Waals surface area contributed by atoms with E-state index >= 15 is 0 Å². The van der Waals surface area contributed by atoms with E-state index in [1.54, 1.807) is 18.6 Å². The predicted octanol–water partition coefficient (Wildman–Crippen LogP) is 4.57. The number of hydrogen-bond acceptors (Lipinski definition) is 6. The Balaban J connectivity index is 1.76. The lowest BCUT2D eigenvalue weighted by molar-refractivity contribution is -0.137. The largest absolute Gasteiger partial charge is 0.481 e. The van der Waals surface area contributed by atoms with Crippen LogP contribution in [0.3, 0.4) is 0 Å². The molecule has 34 heavy (non-hydrogen) atoms. The molecule has 4 heterocycles. The highest BCUT2D eigenvalue weighted by molar-refractivity contribution is 5.83. The standard InChI is InChI=1S/C26H29N5O3/c1-3-21-8-9-24-26(19-12-18(2)13-28-14-19)22(6-4-5-7-25(32)33)23(30-31(21)24)17-34-16-20-15-27-10-11-29-20/h8-15H,3-7,16-17H2,1-2H3,(H,32,33). The van der Waals surface area contributed by atoms with Gasteiger partial charge in [-0.25, -0.2) is 4.52 Å². The SMILES string of the molecule is CCc1ccc2c(-c3cncc(C)c3)c(CCCCC(=O)O)c(COCc3cnccn3)nn12. The Morgan fingerprint density at radius 2 is 1.97 bits per heavy atom. The van der Waals surface area contributed by atoms with Gasteiger partial charge >= 0.3 is 5.97 Å². The number of rotatable bonds is 11. The van der Waals surface area contributed by atoms with Gasteiger partial charge in [0.05, 0.1) is 36.3 Å². The highest BCUT2D eigenvalue weighted by Gasteiger charge is 2.19. The maximum Gasteiger partial charge on any atom is 0.303 e. The number of carboxylic acid groups (broad SMARTS) is 1. The lowest BCUT2D eigenvalue weighted by atomic mass is 9.95. The summed E-state index contributed by atoms with van der Waals surface area (Å²) in [5, 5.41) is 14.0. The number of pyridine rings is 1. The minimum absolute atomic E-state index is 0.153. The Labute approximate surface area is 198 Å². The molecule has 8 nitrogen and oxygen atoms in total. The number of nitrogens with zero attached hydrogens (tertiary/aromatic N) is 5. The van der Waals surface area contributed by atoms with Crippen molar-refractivity contribution in [2.75, 3.05) is 0 Å². The molecule has 4 aromatic heterocycles. The number of carbonyl (C=O) groups is 1. The molecule has 0 aliphatic rings. The van der Waals surface area contributed by atoms with E-state index in [1.807, 2.05) is 23.8 Å². The van der Waals surface area contributed by atoms with Crippen LogP contribution < -0.4 is 0 Å². The normalized spacial score (nSPS) is 11.2. The summed E-state index contributed by atoms with van der Waals surface area (Å²) in [6.45, 7) is 4.79. The fraction of sp³-hybridized carbons (Fsp3) is 0.346. The van der Waals surface area contributed by atoms with Gasteiger partial charge in [0.15, 0.2) is 0 Å². The first-order valence-electron chi connectivity index (χ1n) is 11.6. The van der Waals surface area contributed by atoms with E-state index in [-0.39, 0.29) is 6.42 Å². The average Bonchev–Trinajstić information content (AvgIpc) is 3.24. The van der Waals surface area contributed by atoms with Crippen molar-refractivity contribution in [2.45, 2.75) is 59.2 Å². The molecule has 0 aliphatic heterocycles. The monoisotopic (exact) mass is 459 g/mol. The number of aryl methyl sites for hydroxylation is 2. The highest BCUT2D eigenvalue weighted by Crippen LogP contribution is 2.33. The zero-order valence-corrected chi connectivity index (χ0v) is 19.6. The third-order valence-electron chi connectivity index (χ3n) is 5.76. The summed E-state index contributed by atoms with van der Waals surface area (Å²) >= 11 is 0. The Bertz CT molecular complexity index is 1270. The van der Waals surface area contributed by atoms with Crippen molar-refractivity contribution in [3.8, 4) is 11.1 Å². The van der Waals surface area contributed by atoms with Crippen LogP contribution in [0.1, 0.15) is 54.4 Å². The lowest BCUT2D eigenvalue weighted by Gasteiger charge is -2.18. The molecule has 0 atom stereocenters. The van der Waals surface area contributed by atoms with Crippen molar-refractivity contribution in [3.63, 3.8) is 0 Å². The summed E-state index contributed by atoms with van der Waals surface area (Å²) in [6, 6.07) is 6.34. The molecule has 0 unspecified atom stereocenters. The molecule has 0 radical (unpaired) electrons. The van der Waals surface area contributed by atoms with E-state index in [2.05, 4.69) is 40.1 Å². The Morgan fingerprint density at radius 1 is 1.09 bits per heavy atom. The van der Waals surface area contributed by atoms with E-state index in [0.717, 1.165) is 57.7 Å². The van der Waals surface area contributed by atoms with Crippen LogP contribution >= 0.6 is 0 Å². The van der Waals surface area contributed by atoms with Crippen LogP contribution in [0.15, 0.2) is 49.2 Å². The van der Waals surface area contributed by atoms with E-state index in [1.165, 1.54) is 0 Å². The summed E-state index contributed by atoms with van der Waals surface area (Å²) in [5.74, 6) is -0.775. The maximum absolute atomic E-state index is 11.0. The fourth-order valence-corrected chi connectivity index (χ4v) is 4.16. The second-order valence-corrected chi connectivity index (χ2v) is 8.32. The molecule has 8 heteroatoms. The molecule has 0 amide bonds. The zero-order valence-electron chi connectivity index (χ0n) is 19.6. The number of ether oxygens (including phenoxy) is 1. The number of fused-ring (bicyclic) bond motifs is 1. The van der Waals surface area contributed by atoms with Gasteiger partial charge in [0.1, 0.15) is 0 Å². The summed E-state index contributed by atoms with van der Waals surface area (Å²) in [4.78, 5) is 23.8. The van der Waals surface area contributed by atoms with E-state index < -0.39 is 5.97 Å². The molecule has 0 aliphatic carbocycles. The van der Waals surface area contributed by atoms with Gasteiger partial charge in [0, 0.05) is 48.0 Å². The van der Waals surface area contributed by atoms with Crippen LogP contribution in [0.4, 0.5) is 0 Å². The number of aliphatic carboxylic acids is 1. The van der Waals surface area contributed by atoms with Crippen LogP contribution in [0.5, 0.6) is 0 Å². The third-order valence-corrected chi connectivity index (χ3v) is 5.76. The Kier molecular flexibility index (Phi) is 7.59. The Hall–Kier alpha value is -3.65. The van der Waals surface area contributed by atoms with E-state index in [0.29, 0.717) is 26.1 Å². The number of unbranched alkanes of at least 4 members (excludes halogenated alkanes) is 1. The first-order valence-corrected chi connectivity index (χ1v) is 11.6. The minimum atomic E-state index is -0.775. The van der Waals surface area contributed by atoms with Crippen molar-refractivity contribution in [3.05, 3.63) is 77.4 Å². The Morgan fingerprint density at radius 3 is 2.71 bits per heavy atom.